The van der Waals surface area contributed by atoms with E-state index in [1.165, 1.54) is 44.3 Å². The fourth-order valence-electron chi connectivity index (χ4n) is 3.63. The fourth-order valence-corrected chi connectivity index (χ4v) is 3.63. The van der Waals surface area contributed by atoms with Gasteiger partial charge in [0.2, 0.25) is 0 Å². The quantitative estimate of drug-likeness (QED) is 0.846. The molecule has 0 radical (unpaired) electrons. The van der Waals surface area contributed by atoms with Crippen LogP contribution in [0.25, 0.3) is 0 Å². The molecule has 1 aliphatic heterocycles. The Labute approximate surface area is 103 Å². The van der Waals surface area contributed by atoms with Crippen molar-refractivity contribution in [1.29, 1.82) is 0 Å². The van der Waals surface area contributed by atoms with E-state index < -0.39 is 0 Å². The minimum atomic E-state index is 0.157. The SMILES string of the molecule is OCc1ccccc1N1CCC2CCCCC21. The summed E-state index contributed by atoms with van der Waals surface area (Å²) in [6, 6.07) is 9.05. The minimum Gasteiger partial charge on any atom is -0.392 e. The maximum atomic E-state index is 9.45. The first kappa shape index (κ1) is 11.1. The van der Waals surface area contributed by atoms with Crippen LogP contribution in [0.4, 0.5) is 5.69 Å². The summed E-state index contributed by atoms with van der Waals surface area (Å²) in [6.07, 6.45) is 6.87. The summed E-state index contributed by atoms with van der Waals surface area (Å²) in [5, 5.41) is 9.45. The smallest absolute Gasteiger partial charge is 0.0702 e. The summed E-state index contributed by atoms with van der Waals surface area (Å²) in [7, 11) is 0. The number of aliphatic hydroxyl groups is 1. The monoisotopic (exact) mass is 231 g/mol. The largest absolute Gasteiger partial charge is 0.392 e. The highest BCUT2D eigenvalue weighted by Crippen LogP contribution is 2.39. The fraction of sp³-hybridized carbons (Fsp3) is 0.600. The summed E-state index contributed by atoms with van der Waals surface area (Å²) in [5.41, 5.74) is 2.35. The van der Waals surface area contributed by atoms with Crippen molar-refractivity contribution < 1.29 is 5.11 Å². The van der Waals surface area contributed by atoms with Gasteiger partial charge in [0.15, 0.2) is 0 Å². The second-order valence-corrected chi connectivity index (χ2v) is 5.38. The summed E-state index contributed by atoms with van der Waals surface area (Å²) in [4.78, 5) is 2.55. The lowest BCUT2D eigenvalue weighted by Crippen LogP contribution is -2.35. The van der Waals surface area contributed by atoms with E-state index in [0.29, 0.717) is 0 Å². The van der Waals surface area contributed by atoms with Crippen LogP contribution in [0.15, 0.2) is 24.3 Å². The maximum absolute atomic E-state index is 9.45. The summed E-state index contributed by atoms with van der Waals surface area (Å²) in [5.74, 6) is 0.899. The van der Waals surface area contributed by atoms with Crippen LogP contribution in [-0.4, -0.2) is 17.7 Å². The summed E-state index contributed by atoms with van der Waals surface area (Å²) in [6.45, 7) is 1.33. The molecule has 2 atom stereocenters. The van der Waals surface area contributed by atoms with Crippen molar-refractivity contribution in [3.8, 4) is 0 Å². The minimum absolute atomic E-state index is 0.157. The van der Waals surface area contributed by atoms with E-state index in [4.69, 9.17) is 0 Å². The highest BCUT2D eigenvalue weighted by molar-refractivity contribution is 5.55. The normalized spacial score (nSPS) is 28.2. The van der Waals surface area contributed by atoms with Crippen LogP contribution in [0.1, 0.15) is 37.7 Å². The lowest BCUT2D eigenvalue weighted by atomic mass is 9.85. The van der Waals surface area contributed by atoms with Gasteiger partial charge in [-0.3, -0.25) is 0 Å². The Morgan fingerprint density at radius 2 is 1.94 bits per heavy atom. The third kappa shape index (κ3) is 1.95. The molecule has 1 heterocycles. The molecule has 92 valence electrons. The molecule has 2 heteroatoms. The van der Waals surface area contributed by atoms with Gasteiger partial charge in [-0.25, -0.2) is 0 Å². The zero-order valence-electron chi connectivity index (χ0n) is 10.3. The van der Waals surface area contributed by atoms with Gasteiger partial charge in [-0.2, -0.15) is 0 Å². The van der Waals surface area contributed by atoms with E-state index in [1.54, 1.807) is 0 Å². The first-order valence-corrected chi connectivity index (χ1v) is 6.85. The van der Waals surface area contributed by atoms with Crippen LogP contribution in [0.2, 0.25) is 0 Å². The molecule has 2 nitrogen and oxygen atoms in total. The van der Waals surface area contributed by atoms with Gasteiger partial charge in [0.25, 0.3) is 0 Å². The van der Waals surface area contributed by atoms with E-state index in [-0.39, 0.29) is 6.61 Å². The van der Waals surface area contributed by atoms with Gasteiger partial charge < -0.3 is 10.0 Å². The van der Waals surface area contributed by atoms with Crippen LogP contribution in [0.3, 0.4) is 0 Å². The van der Waals surface area contributed by atoms with Gasteiger partial charge in [-0.1, -0.05) is 31.0 Å². The second kappa shape index (κ2) is 4.69. The average molecular weight is 231 g/mol. The van der Waals surface area contributed by atoms with E-state index in [1.807, 2.05) is 12.1 Å². The highest BCUT2D eigenvalue weighted by atomic mass is 16.3. The molecule has 3 rings (SSSR count). The van der Waals surface area contributed by atoms with Crippen molar-refractivity contribution in [3.05, 3.63) is 29.8 Å². The van der Waals surface area contributed by atoms with Crippen LogP contribution >= 0.6 is 0 Å². The summed E-state index contributed by atoms with van der Waals surface area (Å²) >= 11 is 0. The molecular formula is C15H21NO. The van der Waals surface area contributed by atoms with Crippen LogP contribution < -0.4 is 4.90 Å². The van der Waals surface area contributed by atoms with E-state index >= 15 is 0 Å². The lowest BCUT2D eigenvalue weighted by Gasteiger charge is -2.34. The van der Waals surface area contributed by atoms with E-state index in [9.17, 15) is 5.11 Å². The number of anilines is 1. The van der Waals surface area contributed by atoms with E-state index in [2.05, 4.69) is 17.0 Å². The number of fused-ring (bicyclic) bond motifs is 1. The predicted octanol–water partition coefficient (Wildman–Crippen LogP) is 2.95. The molecule has 0 aromatic heterocycles. The molecule has 2 fully saturated rings. The first-order valence-electron chi connectivity index (χ1n) is 6.85. The van der Waals surface area contributed by atoms with Gasteiger partial charge in [0, 0.05) is 23.8 Å². The number of aliphatic hydroxyl groups excluding tert-OH is 1. The molecule has 0 bridgehead atoms. The standard InChI is InChI=1S/C15H21NO/c17-11-13-6-2-4-8-15(13)16-10-9-12-5-1-3-7-14(12)16/h2,4,6,8,12,14,17H,1,3,5,7,9-11H2. The van der Waals surface area contributed by atoms with Crippen LogP contribution in [0, 0.1) is 5.92 Å². The first-order chi connectivity index (χ1) is 8.40. The Bertz CT molecular complexity index is 390. The van der Waals surface area contributed by atoms with Crippen molar-refractivity contribution >= 4 is 5.69 Å². The molecule has 0 spiro atoms. The number of benzene rings is 1. The van der Waals surface area contributed by atoms with Gasteiger partial charge in [0.1, 0.15) is 0 Å². The van der Waals surface area contributed by atoms with Crippen LogP contribution in [-0.2, 0) is 6.61 Å². The Hall–Kier alpha value is -1.02. The molecule has 1 saturated carbocycles. The van der Waals surface area contributed by atoms with Gasteiger partial charge in [0.05, 0.1) is 6.61 Å². The molecule has 1 aromatic carbocycles. The molecule has 2 aliphatic rings. The number of para-hydroxylation sites is 1. The van der Waals surface area contributed by atoms with Gasteiger partial charge in [-0.15, -0.1) is 0 Å². The Kier molecular flexibility index (Phi) is 3.06. The maximum Gasteiger partial charge on any atom is 0.0702 e. The molecule has 1 aromatic rings. The third-order valence-corrected chi connectivity index (χ3v) is 4.48. The Morgan fingerprint density at radius 1 is 1.12 bits per heavy atom. The number of hydrogen-bond acceptors (Lipinski definition) is 2. The molecule has 1 saturated heterocycles. The van der Waals surface area contributed by atoms with Crippen LogP contribution in [0.5, 0.6) is 0 Å². The zero-order chi connectivity index (χ0) is 11.7. The predicted molar refractivity (Wildman–Crippen MR) is 70.1 cm³/mol. The molecule has 17 heavy (non-hydrogen) atoms. The van der Waals surface area contributed by atoms with Gasteiger partial charge in [-0.05, 0) is 31.2 Å². The number of rotatable bonds is 2. The highest BCUT2D eigenvalue weighted by Gasteiger charge is 2.36. The molecule has 1 aliphatic carbocycles. The molecular weight excluding hydrogens is 210 g/mol. The zero-order valence-corrected chi connectivity index (χ0v) is 10.3. The topological polar surface area (TPSA) is 23.5 Å². The van der Waals surface area contributed by atoms with Gasteiger partial charge >= 0.3 is 0 Å². The molecule has 0 amide bonds. The third-order valence-electron chi connectivity index (χ3n) is 4.48. The van der Waals surface area contributed by atoms with E-state index in [0.717, 1.165) is 17.5 Å². The lowest BCUT2D eigenvalue weighted by molar-refractivity contribution is 0.281. The number of hydrogen-bond donors (Lipinski definition) is 1. The van der Waals surface area contributed by atoms with Crippen molar-refractivity contribution in [3.63, 3.8) is 0 Å². The Balaban J connectivity index is 1.88. The average Bonchev–Trinajstić information content (AvgIpc) is 2.82. The molecule has 2 unspecified atom stereocenters. The molecule has 1 N–H and O–H groups in total. The summed E-state index contributed by atoms with van der Waals surface area (Å²) < 4.78 is 0. The van der Waals surface area contributed by atoms with Crippen molar-refractivity contribution in [2.75, 3.05) is 11.4 Å². The second-order valence-electron chi connectivity index (χ2n) is 5.38. The van der Waals surface area contributed by atoms with Crippen molar-refractivity contribution in [2.24, 2.45) is 5.92 Å². The number of nitrogens with zero attached hydrogens (tertiary/aromatic N) is 1. The Morgan fingerprint density at radius 3 is 2.82 bits per heavy atom. The van der Waals surface area contributed by atoms with Crippen molar-refractivity contribution in [2.45, 2.75) is 44.8 Å². The van der Waals surface area contributed by atoms with Crippen molar-refractivity contribution in [1.82, 2.24) is 0 Å².